The van der Waals surface area contributed by atoms with Crippen molar-refractivity contribution in [2.45, 2.75) is 13.3 Å². The molecule has 1 saturated heterocycles. The summed E-state index contributed by atoms with van der Waals surface area (Å²) >= 11 is 0. The summed E-state index contributed by atoms with van der Waals surface area (Å²) in [4.78, 5) is 23.1. The quantitative estimate of drug-likeness (QED) is 0.865. The number of aromatic nitrogens is 2. The van der Waals surface area contributed by atoms with Gasteiger partial charge >= 0.3 is 0 Å². The number of nitrogen functional groups attached to an aromatic ring is 1. The fourth-order valence-corrected chi connectivity index (χ4v) is 2.87. The first-order chi connectivity index (χ1) is 10.0. The van der Waals surface area contributed by atoms with Crippen LogP contribution in [0, 0.1) is 5.41 Å². The van der Waals surface area contributed by atoms with Crippen molar-refractivity contribution < 1.29 is 4.79 Å². The van der Waals surface area contributed by atoms with Gasteiger partial charge in [-0.2, -0.15) is 0 Å². The molecule has 1 atom stereocenters. The summed E-state index contributed by atoms with van der Waals surface area (Å²) in [5, 5.41) is 2.73. The molecule has 2 aromatic rings. The lowest BCUT2D eigenvalue weighted by Crippen LogP contribution is -2.39. The number of nitrogens with zero attached hydrogens (tertiary/aromatic N) is 3. The molecule has 0 aliphatic carbocycles. The van der Waals surface area contributed by atoms with Gasteiger partial charge in [0.25, 0.3) is 0 Å². The Hall–Kier alpha value is -2.37. The summed E-state index contributed by atoms with van der Waals surface area (Å²) in [7, 11) is 1.67. The Morgan fingerprint density at radius 1 is 1.33 bits per heavy atom. The van der Waals surface area contributed by atoms with Crippen molar-refractivity contribution in [3.05, 3.63) is 24.3 Å². The first kappa shape index (κ1) is 13.6. The number of carbonyl (C=O) groups is 1. The molecule has 1 fully saturated rings. The minimum absolute atomic E-state index is 0.0531. The van der Waals surface area contributed by atoms with Crippen LogP contribution in [0.2, 0.25) is 0 Å². The monoisotopic (exact) mass is 285 g/mol. The molecule has 6 nitrogen and oxygen atoms in total. The Kier molecular flexibility index (Phi) is 3.16. The van der Waals surface area contributed by atoms with Crippen LogP contribution in [0.5, 0.6) is 0 Å². The summed E-state index contributed by atoms with van der Waals surface area (Å²) in [6.45, 7) is 3.32. The summed E-state index contributed by atoms with van der Waals surface area (Å²) < 4.78 is 0. The highest BCUT2D eigenvalue weighted by Gasteiger charge is 2.40. The summed E-state index contributed by atoms with van der Waals surface area (Å²) in [5.74, 6) is 1.13. The highest BCUT2D eigenvalue weighted by atomic mass is 16.2. The largest absolute Gasteiger partial charge is 0.381 e. The average Bonchev–Trinajstić information content (AvgIpc) is 2.89. The molecule has 1 amide bonds. The molecule has 1 aliphatic rings. The lowest BCUT2D eigenvalue weighted by Gasteiger charge is -2.23. The summed E-state index contributed by atoms with van der Waals surface area (Å²) in [5.41, 5.74) is 7.24. The molecule has 1 aliphatic heterocycles. The van der Waals surface area contributed by atoms with Crippen LogP contribution in [-0.4, -0.2) is 36.0 Å². The van der Waals surface area contributed by atoms with Crippen molar-refractivity contribution in [2.75, 3.05) is 30.8 Å². The summed E-state index contributed by atoms with van der Waals surface area (Å²) in [6.07, 6.45) is 0.778. The topological polar surface area (TPSA) is 84.1 Å². The fraction of sp³-hybridized carbons (Fsp3) is 0.400. The van der Waals surface area contributed by atoms with Crippen LogP contribution >= 0.6 is 0 Å². The molecule has 1 unspecified atom stereocenters. The minimum atomic E-state index is -0.408. The van der Waals surface area contributed by atoms with Crippen molar-refractivity contribution in [1.82, 2.24) is 15.3 Å². The van der Waals surface area contributed by atoms with Gasteiger partial charge in [-0.25, -0.2) is 9.97 Å². The molecular formula is C15H19N5O. The molecule has 21 heavy (non-hydrogen) atoms. The molecule has 1 aromatic carbocycles. The maximum atomic E-state index is 12.0. The number of hydrogen-bond acceptors (Lipinski definition) is 5. The predicted octanol–water partition coefficient (Wildman–Crippen LogP) is 1.17. The predicted molar refractivity (Wildman–Crippen MR) is 83.0 cm³/mol. The number of benzene rings is 1. The van der Waals surface area contributed by atoms with Gasteiger partial charge in [-0.15, -0.1) is 0 Å². The van der Waals surface area contributed by atoms with Gasteiger partial charge in [0, 0.05) is 20.1 Å². The van der Waals surface area contributed by atoms with E-state index in [1.165, 1.54) is 0 Å². The number of anilines is 2. The normalized spacial score (nSPS) is 21.7. The molecule has 3 N–H and O–H groups in total. The molecule has 0 spiro atoms. The molecule has 0 saturated carbocycles. The standard InChI is InChI=1S/C15H19N5O/c1-15(14(21)17-2)7-8-20(9-15)13-12(16)18-10-5-3-4-6-11(10)19-13/h3-6H,7-9H2,1-2H3,(H2,16,18)(H,17,21). The number of nitrogens with two attached hydrogens (primary N) is 1. The van der Waals surface area contributed by atoms with E-state index in [1.807, 2.05) is 36.1 Å². The third kappa shape index (κ3) is 2.26. The number of carbonyl (C=O) groups excluding carboxylic acids is 1. The molecule has 2 heterocycles. The number of rotatable bonds is 2. The Labute approximate surface area is 123 Å². The number of para-hydroxylation sites is 2. The average molecular weight is 285 g/mol. The zero-order valence-electron chi connectivity index (χ0n) is 12.3. The Morgan fingerprint density at radius 3 is 2.67 bits per heavy atom. The number of nitrogens with one attached hydrogen (secondary N) is 1. The van der Waals surface area contributed by atoms with Gasteiger partial charge in [-0.3, -0.25) is 4.79 Å². The zero-order valence-corrected chi connectivity index (χ0v) is 12.3. The second-order valence-corrected chi connectivity index (χ2v) is 5.73. The van der Waals surface area contributed by atoms with Gasteiger partial charge in [-0.1, -0.05) is 12.1 Å². The Bertz CT molecular complexity index is 702. The van der Waals surface area contributed by atoms with E-state index in [2.05, 4.69) is 15.3 Å². The molecule has 3 rings (SSSR count). The first-order valence-electron chi connectivity index (χ1n) is 7.03. The van der Waals surface area contributed by atoms with Gasteiger partial charge in [0.2, 0.25) is 5.91 Å². The Morgan fingerprint density at radius 2 is 2.00 bits per heavy atom. The van der Waals surface area contributed by atoms with E-state index in [0.29, 0.717) is 18.2 Å². The third-order valence-corrected chi connectivity index (χ3v) is 4.13. The van der Waals surface area contributed by atoms with Crippen LogP contribution in [0.25, 0.3) is 11.0 Å². The summed E-state index contributed by atoms with van der Waals surface area (Å²) in [6, 6.07) is 7.64. The Balaban J connectivity index is 1.95. The smallest absolute Gasteiger partial charge is 0.227 e. The van der Waals surface area contributed by atoms with Crippen molar-refractivity contribution >= 4 is 28.6 Å². The van der Waals surface area contributed by atoms with E-state index in [1.54, 1.807) is 7.05 Å². The van der Waals surface area contributed by atoms with Gasteiger partial charge in [-0.05, 0) is 25.5 Å². The van der Waals surface area contributed by atoms with Crippen molar-refractivity contribution in [3.63, 3.8) is 0 Å². The SMILES string of the molecule is CNC(=O)C1(C)CCN(c2nc3ccccc3nc2N)C1. The second kappa shape index (κ2) is 4.87. The van der Waals surface area contributed by atoms with Crippen molar-refractivity contribution in [3.8, 4) is 0 Å². The van der Waals surface area contributed by atoms with Gasteiger partial charge in [0.05, 0.1) is 16.4 Å². The minimum Gasteiger partial charge on any atom is -0.381 e. The van der Waals surface area contributed by atoms with E-state index >= 15 is 0 Å². The van der Waals surface area contributed by atoms with E-state index in [-0.39, 0.29) is 5.91 Å². The molecule has 110 valence electrons. The first-order valence-corrected chi connectivity index (χ1v) is 7.03. The lowest BCUT2D eigenvalue weighted by atomic mass is 9.89. The van der Waals surface area contributed by atoms with E-state index in [9.17, 15) is 4.79 Å². The number of amides is 1. The highest BCUT2D eigenvalue weighted by molar-refractivity contribution is 5.84. The van der Waals surface area contributed by atoms with Crippen LogP contribution in [0.3, 0.4) is 0 Å². The van der Waals surface area contributed by atoms with Gasteiger partial charge < -0.3 is 16.0 Å². The van der Waals surface area contributed by atoms with Crippen LogP contribution in [0.4, 0.5) is 11.6 Å². The van der Waals surface area contributed by atoms with Gasteiger partial charge in [0.1, 0.15) is 0 Å². The highest BCUT2D eigenvalue weighted by Crippen LogP contribution is 2.34. The van der Waals surface area contributed by atoms with Gasteiger partial charge in [0.15, 0.2) is 11.6 Å². The van der Waals surface area contributed by atoms with E-state index in [4.69, 9.17) is 5.73 Å². The molecule has 6 heteroatoms. The van der Waals surface area contributed by atoms with Crippen LogP contribution < -0.4 is 16.0 Å². The molecule has 0 bridgehead atoms. The third-order valence-electron chi connectivity index (χ3n) is 4.13. The zero-order chi connectivity index (χ0) is 15.0. The lowest BCUT2D eigenvalue weighted by molar-refractivity contribution is -0.128. The number of hydrogen-bond donors (Lipinski definition) is 2. The van der Waals surface area contributed by atoms with Crippen LogP contribution in [0.15, 0.2) is 24.3 Å². The fourth-order valence-electron chi connectivity index (χ4n) is 2.87. The molecule has 1 aromatic heterocycles. The maximum absolute atomic E-state index is 12.0. The van der Waals surface area contributed by atoms with E-state index in [0.717, 1.165) is 24.0 Å². The maximum Gasteiger partial charge on any atom is 0.227 e. The number of fused-ring (bicyclic) bond motifs is 1. The van der Waals surface area contributed by atoms with E-state index < -0.39 is 5.41 Å². The molecular weight excluding hydrogens is 266 g/mol. The van der Waals surface area contributed by atoms with Crippen molar-refractivity contribution in [1.29, 1.82) is 0 Å². The van der Waals surface area contributed by atoms with Crippen molar-refractivity contribution in [2.24, 2.45) is 5.41 Å². The molecule has 0 radical (unpaired) electrons. The van der Waals surface area contributed by atoms with Crippen LogP contribution in [-0.2, 0) is 4.79 Å². The van der Waals surface area contributed by atoms with Crippen LogP contribution in [0.1, 0.15) is 13.3 Å². The second-order valence-electron chi connectivity index (χ2n) is 5.73.